The number of hydrogen-bond donors (Lipinski definition) is 1. The molecular formula is C25H20FN3O2S. The fraction of sp³-hybridized carbons (Fsp3) is 0.0800. The van der Waals surface area contributed by atoms with Crippen molar-refractivity contribution in [2.24, 2.45) is 4.99 Å². The molecule has 5 nitrogen and oxygen atoms in total. The molecule has 2 amide bonds. The van der Waals surface area contributed by atoms with Gasteiger partial charge in [0.25, 0.3) is 5.91 Å². The van der Waals surface area contributed by atoms with Crippen molar-refractivity contribution in [2.45, 2.75) is 6.92 Å². The Morgan fingerprint density at radius 2 is 1.72 bits per heavy atom. The number of amides is 2. The Kier molecular flexibility index (Phi) is 6.47. The van der Waals surface area contributed by atoms with Crippen molar-refractivity contribution in [2.75, 3.05) is 16.0 Å². The van der Waals surface area contributed by atoms with Crippen LogP contribution in [0.1, 0.15) is 11.1 Å². The molecule has 3 aromatic rings. The number of aryl methyl sites for hydroxylation is 1. The lowest BCUT2D eigenvalue weighted by molar-refractivity contribution is -0.114. The van der Waals surface area contributed by atoms with Gasteiger partial charge in [-0.25, -0.2) is 9.38 Å². The first-order valence-corrected chi connectivity index (χ1v) is 10.9. The highest BCUT2D eigenvalue weighted by Gasteiger charge is 2.32. The summed E-state index contributed by atoms with van der Waals surface area (Å²) >= 11 is 1.15. The van der Waals surface area contributed by atoms with Crippen LogP contribution in [0.3, 0.4) is 0 Å². The second kappa shape index (κ2) is 9.62. The summed E-state index contributed by atoms with van der Waals surface area (Å²) in [6.45, 7) is 1.92. The summed E-state index contributed by atoms with van der Waals surface area (Å²) in [5.41, 5.74) is 3.27. The Balaban J connectivity index is 1.57. The summed E-state index contributed by atoms with van der Waals surface area (Å²) in [5.74, 6) is -0.873. The number of rotatable bonds is 5. The fourth-order valence-corrected chi connectivity index (χ4v) is 3.96. The molecule has 0 aliphatic carbocycles. The quantitative estimate of drug-likeness (QED) is 0.546. The molecule has 0 saturated carbocycles. The molecular weight excluding hydrogens is 425 g/mol. The van der Waals surface area contributed by atoms with E-state index in [-0.39, 0.29) is 23.3 Å². The Labute approximate surface area is 189 Å². The molecule has 0 fully saturated rings. The molecule has 3 aromatic carbocycles. The van der Waals surface area contributed by atoms with Gasteiger partial charge < -0.3 is 5.32 Å². The van der Waals surface area contributed by atoms with E-state index in [4.69, 9.17) is 0 Å². The van der Waals surface area contributed by atoms with Gasteiger partial charge in [-0.1, -0.05) is 60.3 Å². The summed E-state index contributed by atoms with van der Waals surface area (Å²) < 4.78 is 13.4. The minimum Gasteiger partial charge on any atom is -0.325 e. The van der Waals surface area contributed by atoms with Crippen molar-refractivity contribution in [1.29, 1.82) is 0 Å². The number of aliphatic imine (C=N–C) groups is 1. The van der Waals surface area contributed by atoms with Crippen LogP contribution in [0.2, 0.25) is 0 Å². The van der Waals surface area contributed by atoms with E-state index in [1.54, 1.807) is 6.08 Å². The first-order chi connectivity index (χ1) is 15.5. The van der Waals surface area contributed by atoms with Gasteiger partial charge in [0.2, 0.25) is 5.91 Å². The van der Waals surface area contributed by atoms with Crippen molar-refractivity contribution < 1.29 is 14.0 Å². The predicted molar refractivity (Wildman–Crippen MR) is 128 cm³/mol. The second-order valence-corrected chi connectivity index (χ2v) is 8.05. The third-order valence-corrected chi connectivity index (χ3v) is 5.71. The largest absolute Gasteiger partial charge is 0.325 e. The Bertz CT molecular complexity index is 1210. The summed E-state index contributed by atoms with van der Waals surface area (Å²) in [5, 5.41) is 3.24. The predicted octanol–water partition coefficient (Wildman–Crippen LogP) is 5.25. The van der Waals surface area contributed by atoms with Crippen molar-refractivity contribution in [3.05, 3.63) is 102 Å². The topological polar surface area (TPSA) is 61.8 Å². The van der Waals surface area contributed by atoms with E-state index in [1.807, 2.05) is 61.5 Å². The van der Waals surface area contributed by atoms with Gasteiger partial charge in [0.1, 0.15) is 11.5 Å². The first kappa shape index (κ1) is 21.5. The molecule has 0 saturated heterocycles. The Morgan fingerprint density at radius 1 is 1.03 bits per heavy atom. The van der Waals surface area contributed by atoms with Gasteiger partial charge in [0, 0.05) is 5.69 Å². The summed E-state index contributed by atoms with van der Waals surface area (Å²) in [7, 11) is 0. The molecule has 160 valence electrons. The van der Waals surface area contributed by atoms with Crippen molar-refractivity contribution in [3.8, 4) is 0 Å². The summed E-state index contributed by atoms with van der Waals surface area (Å²) in [6, 6.07) is 22.5. The van der Waals surface area contributed by atoms with Gasteiger partial charge in [0.05, 0.1) is 11.4 Å². The maximum Gasteiger partial charge on any atom is 0.283 e. The molecule has 1 N–H and O–H groups in total. The number of nitrogens with one attached hydrogen (secondary N) is 1. The van der Waals surface area contributed by atoms with Crippen molar-refractivity contribution >= 4 is 46.2 Å². The van der Waals surface area contributed by atoms with Crippen LogP contribution in [0.4, 0.5) is 15.8 Å². The van der Waals surface area contributed by atoms with Gasteiger partial charge in [-0.3, -0.25) is 14.5 Å². The maximum atomic E-state index is 13.4. The van der Waals surface area contributed by atoms with Crippen LogP contribution < -0.4 is 10.2 Å². The van der Waals surface area contributed by atoms with Crippen LogP contribution in [0.5, 0.6) is 0 Å². The molecule has 1 heterocycles. The van der Waals surface area contributed by atoms with E-state index in [2.05, 4.69) is 10.3 Å². The molecule has 0 bridgehead atoms. The van der Waals surface area contributed by atoms with Crippen LogP contribution in [-0.2, 0) is 9.59 Å². The van der Waals surface area contributed by atoms with E-state index in [0.29, 0.717) is 10.9 Å². The SMILES string of the molecule is Cc1ccccc1NC(=O)CSC1=N/C(=C/c2ccccc2)C(=O)N1c1ccc(F)cc1. The molecule has 32 heavy (non-hydrogen) atoms. The zero-order chi connectivity index (χ0) is 22.5. The van der Waals surface area contributed by atoms with Gasteiger partial charge in [-0.05, 0) is 54.5 Å². The standard InChI is InChI=1S/C25H20FN3O2S/c1-17-7-5-6-10-21(17)27-23(30)16-32-25-28-22(15-18-8-3-2-4-9-18)24(31)29(25)20-13-11-19(26)12-14-20/h2-15H,16H2,1H3,(H,27,30)/b22-15+. The van der Waals surface area contributed by atoms with E-state index < -0.39 is 5.82 Å². The number of carbonyl (C=O) groups excluding carboxylic acids is 2. The van der Waals surface area contributed by atoms with Crippen LogP contribution in [0.15, 0.2) is 89.6 Å². The number of anilines is 2. The minimum absolute atomic E-state index is 0.0662. The maximum absolute atomic E-state index is 13.4. The molecule has 0 unspecified atom stereocenters. The van der Waals surface area contributed by atoms with Crippen LogP contribution in [0.25, 0.3) is 6.08 Å². The van der Waals surface area contributed by atoms with Crippen molar-refractivity contribution in [3.63, 3.8) is 0 Å². The van der Waals surface area contributed by atoms with Gasteiger partial charge in [-0.15, -0.1) is 0 Å². The van der Waals surface area contributed by atoms with E-state index in [0.717, 1.165) is 28.6 Å². The van der Waals surface area contributed by atoms with Gasteiger partial charge >= 0.3 is 0 Å². The zero-order valence-corrected chi connectivity index (χ0v) is 18.1. The molecule has 0 radical (unpaired) electrons. The third-order valence-electron chi connectivity index (χ3n) is 4.77. The van der Waals surface area contributed by atoms with Gasteiger partial charge in [-0.2, -0.15) is 0 Å². The number of nitrogens with zero attached hydrogens (tertiary/aromatic N) is 2. The summed E-state index contributed by atoms with van der Waals surface area (Å²) in [6.07, 6.45) is 1.69. The summed E-state index contributed by atoms with van der Waals surface area (Å²) in [4.78, 5) is 31.5. The number of benzene rings is 3. The molecule has 4 rings (SSSR count). The zero-order valence-electron chi connectivity index (χ0n) is 17.3. The smallest absolute Gasteiger partial charge is 0.283 e. The molecule has 7 heteroatoms. The van der Waals surface area contributed by atoms with Crippen LogP contribution in [-0.4, -0.2) is 22.7 Å². The third kappa shape index (κ3) is 4.95. The first-order valence-electron chi connectivity index (χ1n) is 9.95. The van der Waals surface area contributed by atoms with E-state index >= 15 is 0 Å². The fourth-order valence-electron chi connectivity index (χ4n) is 3.15. The normalized spacial score (nSPS) is 14.6. The van der Waals surface area contributed by atoms with E-state index in [9.17, 15) is 14.0 Å². The number of halogens is 1. The number of amidine groups is 1. The van der Waals surface area contributed by atoms with Crippen molar-refractivity contribution in [1.82, 2.24) is 0 Å². The number of para-hydroxylation sites is 1. The van der Waals surface area contributed by atoms with Crippen LogP contribution in [0, 0.1) is 12.7 Å². The Morgan fingerprint density at radius 3 is 2.44 bits per heavy atom. The minimum atomic E-state index is -0.399. The lowest BCUT2D eigenvalue weighted by atomic mass is 10.2. The highest BCUT2D eigenvalue weighted by molar-refractivity contribution is 8.14. The number of hydrogen-bond acceptors (Lipinski definition) is 4. The highest BCUT2D eigenvalue weighted by Crippen LogP contribution is 2.29. The molecule has 0 aromatic heterocycles. The average Bonchev–Trinajstić information content (AvgIpc) is 3.10. The molecule has 0 atom stereocenters. The number of thioether (sulfide) groups is 1. The van der Waals surface area contributed by atoms with Crippen LogP contribution >= 0.6 is 11.8 Å². The lowest BCUT2D eigenvalue weighted by Gasteiger charge is -2.17. The second-order valence-electron chi connectivity index (χ2n) is 7.10. The molecule has 1 aliphatic heterocycles. The van der Waals surface area contributed by atoms with Gasteiger partial charge in [0.15, 0.2) is 5.17 Å². The lowest BCUT2D eigenvalue weighted by Crippen LogP contribution is -2.31. The average molecular weight is 446 g/mol. The monoisotopic (exact) mass is 445 g/mol. The Hall–Kier alpha value is -3.71. The molecule has 0 spiro atoms. The molecule has 1 aliphatic rings. The number of carbonyl (C=O) groups is 2. The highest BCUT2D eigenvalue weighted by atomic mass is 32.2. The van der Waals surface area contributed by atoms with E-state index in [1.165, 1.54) is 29.2 Å².